The second-order valence-corrected chi connectivity index (χ2v) is 4.52. The highest BCUT2D eigenvalue weighted by Gasteiger charge is 2.12. The van der Waals surface area contributed by atoms with Crippen LogP contribution in [0.5, 0.6) is 6.01 Å². The van der Waals surface area contributed by atoms with Gasteiger partial charge in [-0.15, -0.1) is 0 Å². The molecule has 2 rings (SSSR count). The van der Waals surface area contributed by atoms with Gasteiger partial charge in [0.1, 0.15) is 5.82 Å². The van der Waals surface area contributed by atoms with Gasteiger partial charge in [-0.2, -0.15) is 15.0 Å². The quantitative estimate of drug-likeness (QED) is 0.817. The monoisotopic (exact) mass is 291 g/mol. The standard InChI is InChI=1S/C13H21N7O/c1-5-14-11-16-12(18-13(17-11)21-6-2)20(4)9-10-15-7-8-19(10)3/h7-8H,5-6,9H2,1-4H3,(H,14,16,17,18). The largest absolute Gasteiger partial charge is 0.464 e. The number of hydrogen-bond acceptors (Lipinski definition) is 7. The Kier molecular flexibility index (Phi) is 4.91. The second-order valence-electron chi connectivity index (χ2n) is 4.52. The minimum absolute atomic E-state index is 0.324. The number of nitrogens with zero attached hydrogens (tertiary/aromatic N) is 6. The molecular formula is C13H21N7O. The topological polar surface area (TPSA) is 81.0 Å². The molecule has 0 amide bonds. The molecule has 0 unspecified atom stereocenters. The third kappa shape index (κ3) is 3.80. The van der Waals surface area contributed by atoms with E-state index in [9.17, 15) is 0 Å². The highest BCUT2D eigenvalue weighted by molar-refractivity contribution is 5.37. The molecular weight excluding hydrogens is 270 g/mol. The fourth-order valence-corrected chi connectivity index (χ4v) is 1.78. The van der Waals surface area contributed by atoms with Crippen LogP contribution < -0.4 is 15.0 Å². The normalized spacial score (nSPS) is 10.5. The Morgan fingerprint density at radius 1 is 1.29 bits per heavy atom. The first-order chi connectivity index (χ1) is 10.1. The lowest BCUT2D eigenvalue weighted by Gasteiger charge is -2.17. The van der Waals surface area contributed by atoms with Crippen LogP contribution in [0.15, 0.2) is 12.4 Å². The number of ether oxygens (including phenoxy) is 1. The maximum atomic E-state index is 5.39. The smallest absolute Gasteiger partial charge is 0.323 e. The predicted octanol–water partition coefficient (Wildman–Crippen LogP) is 1.07. The van der Waals surface area contributed by atoms with E-state index in [4.69, 9.17) is 4.74 Å². The Labute approximate surface area is 124 Å². The van der Waals surface area contributed by atoms with Crippen LogP contribution in [0.25, 0.3) is 0 Å². The molecule has 2 heterocycles. The zero-order chi connectivity index (χ0) is 15.2. The van der Waals surface area contributed by atoms with Crippen LogP contribution in [0, 0.1) is 0 Å². The number of aryl methyl sites for hydroxylation is 1. The molecule has 0 atom stereocenters. The van der Waals surface area contributed by atoms with Crippen molar-refractivity contribution in [2.24, 2.45) is 7.05 Å². The lowest BCUT2D eigenvalue weighted by molar-refractivity contribution is 0.312. The molecule has 0 aliphatic heterocycles. The minimum atomic E-state index is 0.324. The number of rotatable bonds is 7. The van der Waals surface area contributed by atoms with E-state index < -0.39 is 0 Å². The summed E-state index contributed by atoms with van der Waals surface area (Å²) < 4.78 is 7.36. The first-order valence-electron chi connectivity index (χ1n) is 6.94. The number of aromatic nitrogens is 5. The Balaban J connectivity index is 2.22. The van der Waals surface area contributed by atoms with E-state index in [1.165, 1.54) is 0 Å². The average Bonchev–Trinajstić information content (AvgIpc) is 2.85. The van der Waals surface area contributed by atoms with Crippen LogP contribution in [-0.2, 0) is 13.6 Å². The molecule has 8 heteroatoms. The van der Waals surface area contributed by atoms with Gasteiger partial charge in [-0.3, -0.25) is 0 Å². The van der Waals surface area contributed by atoms with Gasteiger partial charge in [0.05, 0.1) is 13.2 Å². The Bertz CT molecular complexity index is 559. The summed E-state index contributed by atoms with van der Waals surface area (Å²) in [5.41, 5.74) is 0. The molecule has 0 aromatic carbocycles. The van der Waals surface area contributed by atoms with Crippen LogP contribution in [0.4, 0.5) is 11.9 Å². The first kappa shape index (κ1) is 15.0. The molecule has 0 aliphatic rings. The van der Waals surface area contributed by atoms with Crippen molar-refractivity contribution in [3.05, 3.63) is 18.2 Å². The minimum Gasteiger partial charge on any atom is -0.464 e. The van der Waals surface area contributed by atoms with Crippen LogP contribution in [-0.4, -0.2) is 44.7 Å². The maximum absolute atomic E-state index is 5.39. The molecule has 21 heavy (non-hydrogen) atoms. The first-order valence-corrected chi connectivity index (χ1v) is 6.94. The van der Waals surface area contributed by atoms with E-state index in [2.05, 4.69) is 25.3 Å². The van der Waals surface area contributed by atoms with Gasteiger partial charge in [0.15, 0.2) is 0 Å². The van der Waals surface area contributed by atoms with Crippen LogP contribution >= 0.6 is 0 Å². The predicted molar refractivity (Wildman–Crippen MR) is 80.5 cm³/mol. The third-order valence-electron chi connectivity index (χ3n) is 2.85. The second kappa shape index (κ2) is 6.87. The molecule has 1 N–H and O–H groups in total. The van der Waals surface area contributed by atoms with Gasteiger partial charge >= 0.3 is 6.01 Å². The van der Waals surface area contributed by atoms with Gasteiger partial charge in [-0.25, -0.2) is 4.98 Å². The van der Waals surface area contributed by atoms with Gasteiger partial charge in [0.25, 0.3) is 0 Å². The van der Waals surface area contributed by atoms with E-state index in [-0.39, 0.29) is 0 Å². The zero-order valence-corrected chi connectivity index (χ0v) is 12.9. The van der Waals surface area contributed by atoms with Gasteiger partial charge < -0.3 is 19.5 Å². The number of hydrogen-bond donors (Lipinski definition) is 1. The van der Waals surface area contributed by atoms with Crippen molar-refractivity contribution in [3.8, 4) is 6.01 Å². The SMILES string of the molecule is CCNc1nc(OCC)nc(N(C)Cc2nccn2C)n1. The van der Waals surface area contributed by atoms with Crippen molar-refractivity contribution >= 4 is 11.9 Å². The van der Waals surface area contributed by atoms with Crippen molar-refractivity contribution in [2.45, 2.75) is 20.4 Å². The molecule has 0 spiro atoms. The molecule has 0 fully saturated rings. The zero-order valence-electron chi connectivity index (χ0n) is 12.9. The van der Waals surface area contributed by atoms with Gasteiger partial charge in [-0.05, 0) is 13.8 Å². The molecule has 0 saturated heterocycles. The fourth-order valence-electron chi connectivity index (χ4n) is 1.78. The molecule has 0 aliphatic carbocycles. The summed E-state index contributed by atoms with van der Waals surface area (Å²) >= 11 is 0. The molecule has 114 valence electrons. The van der Waals surface area contributed by atoms with Crippen LogP contribution in [0.2, 0.25) is 0 Å². The highest BCUT2D eigenvalue weighted by Crippen LogP contribution is 2.15. The molecule has 0 radical (unpaired) electrons. The molecule has 0 saturated carbocycles. The van der Waals surface area contributed by atoms with E-state index in [1.54, 1.807) is 6.20 Å². The average molecular weight is 291 g/mol. The molecule has 2 aromatic heterocycles. The number of anilines is 2. The summed E-state index contributed by atoms with van der Waals surface area (Å²) in [6, 6.07) is 0.324. The lowest BCUT2D eigenvalue weighted by Crippen LogP contribution is -2.22. The van der Waals surface area contributed by atoms with Crippen molar-refractivity contribution in [3.63, 3.8) is 0 Å². The molecule has 8 nitrogen and oxygen atoms in total. The fraction of sp³-hybridized carbons (Fsp3) is 0.538. The summed E-state index contributed by atoms with van der Waals surface area (Å²) in [5.74, 6) is 1.99. The molecule has 2 aromatic rings. The summed E-state index contributed by atoms with van der Waals surface area (Å²) in [5, 5.41) is 3.08. The van der Waals surface area contributed by atoms with Crippen LogP contribution in [0.1, 0.15) is 19.7 Å². The molecule has 0 bridgehead atoms. The Hall–Kier alpha value is -2.38. The van der Waals surface area contributed by atoms with E-state index in [0.717, 1.165) is 12.4 Å². The van der Waals surface area contributed by atoms with Crippen molar-refractivity contribution in [1.82, 2.24) is 24.5 Å². The van der Waals surface area contributed by atoms with E-state index in [0.29, 0.717) is 31.1 Å². The lowest BCUT2D eigenvalue weighted by atomic mass is 10.5. The van der Waals surface area contributed by atoms with E-state index >= 15 is 0 Å². The summed E-state index contributed by atoms with van der Waals surface area (Å²) in [4.78, 5) is 19.1. The van der Waals surface area contributed by atoms with E-state index in [1.807, 2.05) is 43.6 Å². The maximum Gasteiger partial charge on any atom is 0.323 e. The van der Waals surface area contributed by atoms with Gasteiger partial charge in [0, 0.05) is 33.0 Å². The van der Waals surface area contributed by atoms with Gasteiger partial charge in [0.2, 0.25) is 11.9 Å². The number of imidazole rings is 1. The Morgan fingerprint density at radius 2 is 2.10 bits per heavy atom. The summed E-state index contributed by atoms with van der Waals surface area (Å²) in [6.45, 7) is 5.73. The van der Waals surface area contributed by atoms with Crippen molar-refractivity contribution in [1.29, 1.82) is 0 Å². The number of nitrogens with one attached hydrogen (secondary N) is 1. The summed E-state index contributed by atoms with van der Waals surface area (Å²) in [6.07, 6.45) is 3.68. The van der Waals surface area contributed by atoms with Gasteiger partial charge in [-0.1, -0.05) is 0 Å². The Morgan fingerprint density at radius 3 is 2.71 bits per heavy atom. The highest BCUT2D eigenvalue weighted by atomic mass is 16.5. The third-order valence-corrected chi connectivity index (χ3v) is 2.85. The van der Waals surface area contributed by atoms with Crippen LogP contribution in [0.3, 0.4) is 0 Å². The van der Waals surface area contributed by atoms with Crippen molar-refractivity contribution < 1.29 is 4.74 Å². The summed E-state index contributed by atoms with van der Waals surface area (Å²) in [7, 11) is 3.87. The van der Waals surface area contributed by atoms with Crippen molar-refractivity contribution in [2.75, 3.05) is 30.4 Å².